The molecule has 0 bridgehead atoms. The minimum Gasteiger partial charge on any atom is -0.480 e. The van der Waals surface area contributed by atoms with Crippen LogP contribution in [0, 0.1) is 5.92 Å². The molecule has 1 aliphatic carbocycles. The van der Waals surface area contributed by atoms with Gasteiger partial charge >= 0.3 is 5.97 Å². The molecule has 4 heteroatoms. The van der Waals surface area contributed by atoms with E-state index in [1.165, 1.54) is 23.3 Å². The van der Waals surface area contributed by atoms with E-state index in [9.17, 15) is 4.79 Å². The summed E-state index contributed by atoms with van der Waals surface area (Å²) in [4.78, 5) is 14.5. The average Bonchev–Trinajstić information content (AvgIpc) is 3.09. The van der Waals surface area contributed by atoms with E-state index in [2.05, 4.69) is 29.2 Å². The van der Waals surface area contributed by atoms with Gasteiger partial charge < -0.3 is 5.11 Å². The molecule has 0 saturated heterocycles. The lowest BCUT2D eigenvalue weighted by atomic mass is 10.0. The van der Waals surface area contributed by atoms with Crippen molar-refractivity contribution in [2.75, 3.05) is 25.4 Å². The van der Waals surface area contributed by atoms with Gasteiger partial charge in [0, 0.05) is 29.7 Å². The molecular weight excluding hydrogens is 258 g/mol. The number of nitrogens with zero attached hydrogens (tertiary/aromatic N) is 1. The summed E-state index contributed by atoms with van der Waals surface area (Å²) in [5.74, 6) is 1.60. The Kier molecular flexibility index (Phi) is 3.80. The molecule has 1 aliphatic heterocycles. The van der Waals surface area contributed by atoms with Gasteiger partial charge in [0.25, 0.3) is 0 Å². The van der Waals surface area contributed by atoms with Gasteiger partial charge in [0.15, 0.2) is 0 Å². The van der Waals surface area contributed by atoms with Gasteiger partial charge in [0.1, 0.15) is 0 Å². The maximum absolute atomic E-state index is 11.0. The van der Waals surface area contributed by atoms with E-state index < -0.39 is 5.97 Å². The van der Waals surface area contributed by atoms with Crippen molar-refractivity contribution in [1.82, 2.24) is 4.90 Å². The van der Waals surface area contributed by atoms with Crippen LogP contribution < -0.4 is 0 Å². The first-order valence-corrected chi connectivity index (χ1v) is 7.87. The maximum atomic E-state index is 11.0. The Bertz CT molecular complexity index is 473. The van der Waals surface area contributed by atoms with Gasteiger partial charge in [-0.15, -0.1) is 11.8 Å². The molecule has 1 heterocycles. The van der Waals surface area contributed by atoms with E-state index in [1.807, 2.05) is 11.8 Å². The highest BCUT2D eigenvalue weighted by atomic mass is 32.2. The Morgan fingerprint density at radius 1 is 1.32 bits per heavy atom. The Balaban J connectivity index is 1.66. The zero-order valence-electron chi connectivity index (χ0n) is 10.9. The number of benzene rings is 1. The van der Waals surface area contributed by atoms with Crippen molar-refractivity contribution in [3.63, 3.8) is 0 Å². The molecule has 0 radical (unpaired) electrons. The lowest BCUT2D eigenvalue weighted by molar-refractivity contribution is -0.138. The summed E-state index contributed by atoms with van der Waals surface area (Å²) in [6, 6.07) is 8.52. The summed E-state index contributed by atoms with van der Waals surface area (Å²) in [5.41, 5.74) is 1.40. The lowest BCUT2D eigenvalue weighted by Gasteiger charge is -2.24. The Labute approximate surface area is 118 Å². The molecule has 1 atom stereocenters. The molecule has 3 nitrogen and oxygen atoms in total. The van der Waals surface area contributed by atoms with Crippen LogP contribution >= 0.6 is 11.8 Å². The third-order valence-electron chi connectivity index (χ3n) is 3.85. The minimum atomic E-state index is -0.709. The molecule has 1 aromatic carbocycles. The maximum Gasteiger partial charge on any atom is 0.317 e. The normalized spacial score (nSPS) is 21.6. The predicted molar refractivity (Wildman–Crippen MR) is 76.7 cm³/mol. The first kappa shape index (κ1) is 13.0. The summed E-state index contributed by atoms with van der Waals surface area (Å²) in [5, 5.41) is 9.04. The molecule has 1 N–H and O–H groups in total. The van der Waals surface area contributed by atoms with E-state index in [-0.39, 0.29) is 6.54 Å². The van der Waals surface area contributed by atoms with Crippen LogP contribution in [0.4, 0.5) is 0 Å². The largest absolute Gasteiger partial charge is 0.480 e. The van der Waals surface area contributed by atoms with Gasteiger partial charge in [-0.05, 0) is 30.4 Å². The molecule has 1 aromatic rings. The molecule has 19 heavy (non-hydrogen) atoms. The van der Waals surface area contributed by atoms with Crippen molar-refractivity contribution in [2.24, 2.45) is 5.92 Å². The fourth-order valence-electron chi connectivity index (χ4n) is 2.75. The third kappa shape index (κ3) is 3.31. The number of carbonyl (C=O) groups is 1. The summed E-state index contributed by atoms with van der Waals surface area (Å²) < 4.78 is 0. The molecular formula is C15H19NO2S. The lowest BCUT2D eigenvalue weighted by Crippen LogP contribution is -2.35. The summed E-state index contributed by atoms with van der Waals surface area (Å²) >= 11 is 1.90. The fraction of sp³-hybridized carbons (Fsp3) is 0.533. The highest BCUT2D eigenvalue weighted by Gasteiger charge is 2.29. The zero-order valence-corrected chi connectivity index (χ0v) is 11.7. The Morgan fingerprint density at radius 3 is 2.84 bits per heavy atom. The minimum absolute atomic E-state index is 0.180. The van der Waals surface area contributed by atoms with Crippen LogP contribution in [0.3, 0.4) is 0 Å². The second kappa shape index (κ2) is 5.55. The summed E-state index contributed by atoms with van der Waals surface area (Å²) in [7, 11) is 0. The molecule has 1 unspecified atom stereocenters. The molecule has 0 amide bonds. The van der Waals surface area contributed by atoms with Crippen molar-refractivity contribution in [2.45, 2.75) is 23.7 Å². The second-order valence-corrected chi connectivity index (χ2v) is 6.64. The Morgan fingerprint density at radius 2 is 2.11 bits per heavy atom. The molecule has 102 valence electrons. The number of carboxylic acids is 1. The summed E-state index contributed by atoms with van der Waals surface area (Å²) in [6.45, 7) is 2.02. The molecule has 1 saturated carbocycles. The topological polar surface area (TPSA) is 40.5 Å². The van der Waals surface area contributed by atoms with Crippen LogP contribution in [0.5, 0.6) is 0 Å². The van der Waals surface area contributed by atoms with Crippen LogP contribution in [-0.4, -0.2) is 41.4 Å². The van der Waals surface area contributed by atoms with Gasteiger partial charge in [-0.3, -0.25) is 9.69 Å². The third-order valence-corrected chi connectivity index (χ3v) is 5.10. The number of hydrogen-bond acceptors (Lipinski definition) is 3. The SMILES string of the molecule is O=C(O)CN(CC1CC1)CC1CSc2ccccc21. The van der Waals surface area contributed by atoms with Crippen molar-refractivity contribution in [1.29, 1.82) is 0 Å². The molecule has 0 spiro atoms. The molecule has 0 aromatic heterocycles. The zero-order chi connectivity index (χ0) is 13.2. The monoisotopic (exact) mass is 277 g/mol. The van der Waals surface area contributed by atoms with Crippen molar-refractivity contribution >= 4 is 17.7 Å². The average molecular weight is 277 g/mol. The van der Waals surface area contributed by atoms with Crippen molar-refractivity contribution in [3.05, 3.63) is 29.8 Å². The number of rotatable bonds is 6. The number of thioether (sulfide) groups is 1. The Hall–Kier alpha value is -1.00. The van der Waals surface area contributed by atoms with Gasteiger partial charge in [-0.2, -0.15) is 0 Å². The number of aliphatic carboxylic acids is 1. The van der Waals surface area contributed by atoms with E-state index in [1.54, 1.807) is 0 Å². The van der Waals surface area contributed by atoms with E-state index >= 15 is 0 Å². The highest BCUT2D eigenvalue weighted by molar-refractivity contribution is 7.99. The van der Waals surface area contributed by atoms with Gasteiger partial charge in [-0.25, -0.2) is 0 Å². The smallest absolute Gasteiger partial charge is 0.317 e. The van der Waals surface area contributed by atoms with E-state index in [4.69, 9.17) is 5.11 Å². The fourth-order valence-corrected chi connectivity index (χ4v) is 3.99. The van der Waals surface area contributed by atoms with Crippen molar-refractivity contribution < 1.29 is 9.90 Å². The number of hydrogen-bond donors (Lipinski definition) is 1. The first-order valence-electron chi connectivity index (χ1n) is 6.88. The van der Waals surface area contributed by atoms with Crippen LogP contribution in [0.2, 0.25) is 0 Å². The second-order valence-electron chi connectivity index (χ2n) is 5.58. The number of carboxylic acid groups (broad SMARTS) is 1. The van der Waals surface area contributed by atoms with E-state index in [0.29, 0.717) is 5.92 Å². The van der Waals surface area contributed by atoms with Gasteiger partial charge in [-0.1, -0.05) is 18.2 Å². The van der Waals surface area contributed by atoms with Crippen LogP contribution in [0.15, 0.2) is 29.2 Å². The first-order chi connectivity index (χ1) is 9.22. The van der Waals surface area contributed by atoms with E-state index in [0.717, 1.165) is 24.8 Å². The van der Waals surface area contributed by atoms with Crippen molar-refractivity contribution in [3.8, 4) is 0 Å². The van der Waals surface area contributed by atoms with Crippen LogP contribution in [-0.2, 0) is 4.79 Å². The van der Waals surface area contributed by atoms with Crippen LogP contribution in [0.25, 0.3) is 0 Å². The van der Waals surface area contributed by atoms with Gasteiger partial charge in [0.05, 0.1) is 6.54 Å². The quantitative estimate of drug-likeness (QED) is 0.868. The molecule has 2 aliphatic rings. The summed E-state index contributed by atoms with van der Waals surface area (Å²) in [6.07, 6.45) is 2.54. The molecule has 1 fully saturated rings. The van der Waals surface area contributed by atoms with Gasteiger partial charge in [0.2, 0.25) is 0 Å². The van der Waals surface area contributed by atoms with Crippen LogP contribution in [0.1, 0.15) is 24.3 Å². The standard InChI is InChI=1S/C15H19NO2S/c17-15(18)9-16(7-11-5-6-11)8-12-10-19-14-4-2-1-3-13(12)14/h1-4,11-12H,5-10H2,(H,17,18). The highest BCUT2D eigenvalue weighted by Crippen LogP contribution is 2.40. The number of fused-ring (bicyclic) bond motifs is 1. The predicted octanol–water partition coefficient (Wildman–Crippen LogP) is 2.67. The molecule has 3 rings (SSSR count).